The number of likely N-dealkylation sites (tertiary alicyclic amines) is 2. The van der Waals surface area contributed by atoms with E-state index in [4.69, 9.17) is 4.74 Å². The number of nitrogens with zero attached hydrogens (tertiary/aromatic N) is 5. The molecule has 0 radical (unpaired) electrons. The van der Waals surface area contributed by atoms with Gasteiger partial charge in [-0.05, 0) is 50.0 Å². The van der Waals surface area contributed by atoms with Crippen LogP contribution in [0.2, 0.25) is 0 Å². The summed E-state index contributed by atoms with van der Waals surface area (Å²) in [6.45, 7) is 3.31. The van der Waals surface area contributed by atoms with Crippen molar-refractivity contribution in [3.05, 3.63) is 35.7 Å². The Labute approximate surface area is 152 Å². The fourth-order valence-corrected chi connectivity index (χ4v) is 3.98. The van der Waals surface area contributed by atoms with Crippen molar-refractivity contribution in [2.24, 2.45) is 5.92 Å². The lowest BCUT2D eigenvalue weighted by molar-refractivity contribution is -0.132. The lowest BCUT2D eigenvalue weighted by atomic mass is 9.92. The van der Waals surface area contributed by atoms with Gasteiger partial charge in [0.2, 0.25) is 11.7 Å². The van der Waals surface area contributed by atoms with E-state index in [1.54, 1.807) is 0 Å². The lowest BCUT2D eigenvalue weighted by Gasteiger charge is -2.36. The molecule has 26 heavy (non-hydrogen) atoms. The van der Waals surface area contributed by atoms with Gasteiger partial charge in [-0.2, -0.15) is 5.21 Å². The van der Waals surface area contributed by atoms with Crippen LogP contribution in [0.3, 0.4) is 0 Å². The Hall–Kier alpha value is -2.48. The minimum absolute atomic E-state index is 0.230. The van der Waals surface area contributed by atoms with E-state index in [0.29, 0.717) is 24.2 Å². The number of piperidine rings is 1. The van der Waals surface area contributed by atoms with Crippen molar-refractivity contribution < 1.29 is 9.53 Å². The summed E-state index contributed by atoms with van der Waals surface area (Å²) < 4.78 is 5.61. The van der Waals surface area contributed by atoms with Gasteiger partial charge in [0.05, 0.1) is 6.42 Å². The van der Waals surface area contributed by atoms with E-state index < -0.39 is 0 Å². The monoisotopic (exact) mass is 356 g/mol. The molecule has 0 bridgehead atoms. The molecule has 2 fully saturated rings. The molecule has 0 unspecified atom stereocenters. The van der Waals surface area contributed by atoms with Gasteiger partial charge in [-0.3, -0.25) is 4.79 Å². The number of hydrogen-bond acceptors (Lipinski definition) is 6. The van der Waals surface area contributed by atoms with Crippen molar-refractivity contribution >= 4 is 5.91 Å². The average Bonchev–Trinajstić information content (AvgIpc) is 3.30. The van der Waals surface area contributed by atoms with Crippen LogP contribution in [0.5, 0.6) is 5.75 Å². The zero-order valence-corrected chi connectivity index (χ0v) is 15.0. The summed E-state index contributed by atoms with van der Waals surface area (Å²) in [4.78, 5) is 17.2. The number of amides is 1. The maximum absolute atomic E-state index is 12.8. The Bertz CT molecular complexity index is 733. The number of H-pyrrole nitrogens is 1. The van der Waals surface area contributed by atoms with Crippen molar-refractivity contribution in [3.8, 4) is 5.75 Å². The molecule has 2 aromatic rings. The number of nitrogens with one attached hydrogen (secondary N) is 1. The number of aromatic nitrogens is 4. The third kappa shape index (κ3) is 3.70. The summed E-state index contributed by atoms with van der Waals surface area (Å²) in [7, 11) is 2.14. The van der Waals surface area contributed by atoms with Crippen molar-refractivity contribution in [3.63, 3.8) is 0 Å². The molecule has 4 rings (SSSR count). The molecular formula is C18H24N6O2. The molecule has 0 aliphatic carbocycles. The lowest BCUT2D eigenvalue weighted by Crippen LogP contribution is -2.48. The van der Waals surface area contributed by atoms with Gasteiger partial charge in [-0.1, -0.05) is 17.3 Å². The van der Waals surface area contributed by atoms with Crippen molar-refractivity contribution in [1.82, 2.24) is 30.4 Å². The van der Waals surface area contributed by atoms with Gasteiger partial charge >= 0.3 is 0 Å². The van der Waals surface area contributed by atoms with Gasteiger partial charge in [0.25, 0.3) is 0 Å². The molecule has 1 N–H and O–H groups in total. The smallest absolute Gasteiger partial charge is 0.227 e. The van der Waals surface area contributed by atoms with Crippen molar-refractivity contribution in [2.75, 3.05) is 26.7 Å². The number of benzene rings is 1. The first-order chi connectivity index (χ1) is 12.7. The second-order valence-electron chi connectivity index (χ2n) is 7.19. The summed E-state index contributed by atoms with van der Waals surface area (Å²) in [6, 6.07) is 8.04. The molecule has 1 aromatic carbocycles. The molecule has 2 aliphatic rings. The Morgan fingerprint density at radius 2 is 2.08 bits per heavy atom. The van der Waals surface area contributed by atoms with Gasteiger partial charge in [-0.15, -0.1) is 10.2 Å². The summed E-state index contributed by atoms with van der Waals surface area (Å²) >= 11 is 0. The number of hydrogen-bond donors (Lipinski definition) is 1. The van der Waals surface area contributed by atoms with Crippen LogP contribution >= 0.6 is 0 Å². The molecule has 1 aromatic heterocycles. The van der Waals surface area contributed by atoms with E-state index >= 15 is 0 Å². The van der Waals surface area contributed by atoms with Gasteiger partial charge in [0.15, 0.2) is 6.61 Å². The summed E-state index contributed by atoms with van der Waals surface area (Å²) in [5.74, 6) is 2.13. The van der Waals surface area contributed by atoms with Gasteiger partial charge in [0, 0.05) is 19.1 Å². The molecule has 3 heterocycles. The second kappa shape index (κ2) is 7.41. The fourth-order valence-electron chi connectivity index (χ4n) is 3.98. The highest BCUT2D eigenvalue weighted by Crippen LogP contribution is 2.31. The SMILES string of the molecule is CN1CC[C@@H]2CCN(C(=O)Cc3ccc(OCc4nn[nH]n4)cc3)[C@@H]2C1. The molecule has 8 nitrogen and oxygen atoms in total. The quantitative estimate of drug-likeness (QED) is 0.856. The molecule has 2 aliphatic heterocycles. The van der Waals surface area contributed by atoms with E-state index in [2.05, 4.69) is 37.5 Å². The first-order valence-electron chi connectivity index (χ1n) is 9.11. The standard InChI is InChI=1S/C18H24N6O2/c1-23-8-6-14-7-9-24(16(14)11-23)18(25)10-13-2-4-15(5-3-13)26-12-17-19-21-22-20-17/h2-5,14,16H,6-12H2,1H3,(H,19,20,21,22)/t14-,16-/m1/s1. The number of fused-ring (bicyclic) bond motifs is 1. The highest BCUT2D eigenvalue weighted by molar-refractivity contribution is 5.79. The average molecular weight is 356 g/mol. The first kappa shape index (κ1) is 17.0. The van der Waals surface area contributed by atoms with Crippen LogP contribution in [0.1, 0.15) is 24.2 Å². The number of carbonyl (C=O) groups excluding carboxylic acids is 1. The third-order valence-corrected chi connectivity index (χ3v) is 5.42. The van der Waals surface area contributed by atoms with E-state index in [9.17, 15) is 4.79 Å². The Balaban J connectivity index is 1.32. The molecule has 0 saturated carbocycles. The van der Waals surface area contributed by atoms with Crippen LogP contribution < -0.4 is 4.74 Å². The van der Waals surface area contributed by atoms with Crippen LogP contribution in [-0.2, 0) is 17.8 Å². The van der Waals surface area contributed by atoms with E-state index in [0.717, 1.165) is 37.4 Å². The summed E-state index contributed by atoms with van der Waals surface area (Å²) in [6.07, 6.45) is 2.79. The van der Waals surface area contributed by atoms with Crippen molar-refractivity contribution in [2.45, 2.75) is 31.9 Å². The topological polar surface area (TPSA) is 87.2 Å². The maximum atomic E-state index is 12.8. The Morgan fingerprint density at radius 1 is 1.27 bits per heavy atom. The normalized spacial score (nSPS) is 23.0. The highest BCUT2D eigenvalue weighted by Gasteiger charge is 2.39. The maximum Gasteiger partial charge on any atom is 0.227 e. The minimum Gasteiger partial charge on any atom is -0.485 e. The zero-order chi connectivity index (χ0) is 17.9. The van der Waals surface area contributed by atoms with Crippen LogP contribution in [0.15, 0.2) is 24.3 Å². The van der Waals surface area contributed by atoms with E-state index in [1.165, 1.54) is 6.42 Å². The van der Waals surface area contributed by atoms with Crippen LogP contribution in [0.4, 0.5) is 0 Å². The molecular weight excluding hydrogens is 332 g/mol. The molecule has 8 heteroatoms. The predicted octanol–water partition coefficient (Wildman–Crippen LogP) is 0.874. The predicted molar refractivity (Wildman–Crippen MR) is 94.4 cm³/mol. The number of ether oxygens (including phenoxy) is 1. The van der Waals surface area contributed by atoms with Gasteiger partial charge in [0.1, 0.15) is 5.75 Å². The molecule has 1 amide bonds. The van der Waals surface area contributed by atoms with E-state index in [-0.39, 0.29) is 12.5 Å². The van der Waals surface area contributed by atoms with Gasteiger partial charge in [-0.25, -0.2) is 0 Å². The molecule has 2 saturated heterocycles. The Kier molecular flexibility index (Phi) is 4.83. The van der Waals surface area contributed by atoms with Crippen LogP contribution in [0.25, 0.3) is 0 Å². The number of rotatable bonds is 5. The fraction of sp³-hybridized carbons (Fsp3) is 0.556. The molecule has 2 atom stereocenters. The van der Waals surface area contributed by atoms with Crippen molar-refractivity contribution in [1.29, 1.82) is 0 Å². The first-order valence-corrected chi connectivity index (χ1v) is 9.11. The highest BCUT2D eigenvalue weighted by atomic mass is 16.5. The largest absolute Gasteiger partial charge is 0.485 e. The Morgan fingerprint density at radius 3 is 2.85 bits per heavy atom. The van der Waals surface area contributed by atoms with Gasteiger partial charge < -0.3 is 14.5 Å². The summed E-state index contributed by atoms with van der Waals surface area (Å²) in [5.41, 5.74) is 1.01. The molecule has 0 spiro atoms. The van der Waals surface area contributed by atoms with Crippen LogP contribution in [0, 0.1) is 5.92 Å². The zero-order valence-electron chi connectivity index (χ0n) is 15.0. The molecule has 138 valence electrons. The second-order valence-corrected chi connectivity index (χ2v) is 7.19. The minimum atomic E-state index is 0.230. The van der Waals surface area contributed by atoms with Crippen LogP contribution in [-0.4, -0.2) is 69.1 Å². The number of carbonyl (C=O) groups is 1. The van der Waals surface area contributed by atoms with E-state index in [1.807, 2.05) is 24.3 Å². The summed E-state index contributed by atoms with van der Waals surface area (Å²) in [5, 5.41) is 13.6. The number of aromatic amines is 1. The number of tetrazole rings is 1. The third-order valence-electron chi connectivity index (χ3n) is 5.42. The number of likely N-dealkylation sites (N-methyl/N-ethyl adjacent to an activating group) is 1.